The van der Waals surface area contributed by atoms with Crippen molar-refractivity contribution in [3.8, 4) is 0 Å². The highest BCUT2D eigenvalue weighted by Gasteiger charge is 2.33. The molecule has 20 heavy (non-hydrogen) atoms. The van der Waals surface area contributed by atoms with Crippen LogP contribution in [-0.2, 0) is 4.79 Å². The Bertz CT molecular complexity index is 330. The number of carbonyl (C=O) groups excluding carboxylic acids is 1. The molecule has 116 valence electrons. The Morgan fingerprint density at radius 2 is 1.90 bits per heavy atom. The van der Waals surface area contributed by atoms with Crippen molar-refractivity contribution < 1.29 is 14.7 Å². The maximum atomic E-state index is 11.8. The van der Waals surface area contributed by atoms with Gasteiger partial charge in [0.15, 0.2) is 0 Å². The smallest absolute Gasteiger partial charge is 0.329 e. The largest absolute Gasteiger partial charge is 0.480 e. The summed E-state index contributed by atoms with van der Waals surface area (Å²) in [6, 6.07) is -0.402. The summed E-state index contributed by atoms with van der Waals surface area (Å²) in [5, 5.41) is 14.5. The van der Waals surface area contributed by atoms with Gasteiger partial charge in [-0.2, -0.15) is 0 Å². The van der Waals surface area contributed by atoms with Gasteiger partial charge in [0.2, 0.25) is 0 Å². The number of hydrogen-bond donors (Lipinski definition) is 3. The standard InChI is InChI=1S/C14H27N3O3/c1-3-7-14(2,12(18)19)16-13(20)15-8-11-17-9-5-4-6-10-17/h3-11H2,1-2H3,(H,18,19)(H2,15,16,20). The van der Waals surface area contributed by atoms with E-state index in [1.807, 2.05) is 6.92 Å². The number of amides is 2. The quantitative estimate of drug-likeness (QED) is 0.660. The summed E-state index contributed by atoms with van der Waals surface area (Å²) >= 11 is 0. The summed E-state index contributed by atoms with van der Waals surface area (Å²) < 4.78 is 0. The summed E-state index contributed by atoms with van der Waals surface area (Å²) in [4.78, 5) is 25.3. The molecule has 1 aliphatic heterocycles. The predicted molar refractivity (Wildman–Crippen MR) is 77.8 cm³/mol. The van der Waals surface area contributed by atoms with Gasteiger partial charge < -0.3 is 20.6 Å². The van der Waals surface area contributed by atoms with Crippen molar-refractivity contribution in [3.63, 3.8) is 0 Å². The molecule has 3 N–H and O–H groups in total. The zero-order valence-electron chi connectivity index (χ0n) is 12.6. The van der Waals surface area contributed by atoms with E-state index in [9.17, 15) is 14.7 Å². The zero-order chi connectivity index (χ0) is 15.0. The summed E-state index contributed by atoms with van der Waals surface area (Å²) in [7, 11) is 0. The zero-order valence-corrected chi connectivity index (χ0v) is 12.6. The normalized spacial score (nSPS) is 19.1. The second-order valence-corrected chi connectivity index (χ2v) is 5.67. The number of hydrogen-bond acceptors (Lipinski definition) is 3. The monoisotopic (exact) mass is 285 g/mol. The lowest BCUT2D eigenvalue weighted by molar-refractivity contribution is -0.144. The van der Waals surface area contributed by atoms with Crippen LogP contribution >= 0.6 is 0 Å². The minimum absolute atomic E-state index is 0.402. The van der Waals surface area contributed by atoms with Crippen molar-refractivity contribution in [2.75, 3.05) is 26.2 Å². The van der Waals surface area contributed by atoms with Crippen LogP contribution in [0.4, 0.5) is 4.79 Å². The van der Waals surface area contributed by atoms with E-state index in [4.69, 9.17) is 0 Å². The van der Waals surface area contributed by atoms with E-state index < -0.39 is 17.5 Å². The molecule has 1 fully saturated rings. The Labute approximate surface area is 120 Å². The van der Waals surface area contributed by atoms with Crippen LogP contribution in [0.1, 0.15) is 46.0 Å². The molecule has 0 aromatic rings. The van der Waals surface area contributed by atoms with Crippen molar-refractivity contribution in [2.45, 2.75) is 51.5 Å². The van der Waals surface area contributed by atoms with Crippen LogP contribution < -0.4 is 10.6 Å². The SMILES string of the molecule is CCCC(C)(NC(=O)NCCN1CCCCC1)C(=O)O. The van der Waals surface area contributed by atoms with Gasteiger partial charge in [-0.05, 0) is 39.3 Å². The molecular formula is C14H27N3O3. The molecule has 0 spiro atoms. The summed E-state index contributed by atoms with van der Waals surface area (Å²) in [5.41, 5.74) is -1.19. The number of rotatable bonds is 7. The highest BCUT2D eigenvalue weighted by molar-refractivity contribution is 5.85. The minimum atomic E-state index is -1.19. The van der Waals surface area contributed by atoms with Crippen molar-refractivity contribution in [1.82, 2.24) is 15.5 Å². The Balaban J connectivity index is 2.29. The highest BCUT2D eigenvalue weighted by atomic mass is 16.4. The molecule has 2 amide bonds. The summed E-state index contributed by atoms with van der Waals surface area (Å²) in [6.07, 6.45) is 4.86. The van der Waals surface area contributed by atoms with Crippen LogP contribution in [0.2, 0.25) is 0 Å². The van der Waals surface area contributed by atoms with Gasteiger partial charge in [-0.1, -0.05) is 19.8 Å². The number of nitrogens with one attached hydrogen (secondary N) is 2. The van der Waals surface area contributed by atoms with Crippen LogP contribution in [-0.4, -0.2) is 53.7 Å². The van der Waals surface area contributed by atoms with Crippen LogP contribution in [0.5, 0.6) is 0 Å². The predicted octanol–water partition coefficient (Wildman–Crippen LogP) is 1.41. The van der Waals surface area contributed by atoms with Crippen LogP contribution in [0.25, 0.3) is 0 Å². The molecule has 0 radical (unpaired) electrons. The molecule has 1 heterocycles. The lowest BCUT2D eigenvalue weighted by Crippen LogP contribution is -2.55. The van der Waals surface area contributed by atoms with Crippen LogP contribution in [0.15, 0.2) is 0 Å². The first-order chi connectivity index (χ1) is 9.48. The molecule has 0 saturated carbocycles. The third kappa shape index (κ3) is 5.36. The van der Waals surface area contributed by atoms with E-state index in [1.54, 1.807) is 6.92 Å². The Morgan fingerprint density at radius 3 is 2.45 bits per heavy atom. The number of nitrogens with zero attached hydrogens (tertiary/aromatic N) is 1. The number of urea groups is 1. The highest BCUT2D eigenvalue weighted by Crippen LogP contribution is 2.12. The van der Waals surface area contributed by atoms with Gasteiger partial charge in [0.1, 0.15) is 5.54 Å². The molecule has 1 saturated heterocycles. The van der Waals surface area contributed by atoms with Gasteiger partial charge in [-0.25, -0.2) is 9.59 Å². The van der Waals surface area contributed by atoms with Crippen LogP contribution in [0.3, 0.4) is 0 Å². The van der Waals surface area contributed by atoms with E-state index in [1.165, 1.54) is 19.3 Å². The van der Waals surface area contributed by atoms with Gasteiger partial charge in [0, 0.05) is 13.1 Å². The third-order valence-corrected chi connectivity index (χ3v) is 3.77. The van der Waals surface area contributed by atoms with Gasteiger partial charge in [-0.3, -0.25) is 0 Å². The van der Waals surface area contributed by atoms with E-state index in [0.717, 1.165) is 19.6 Å². The molecule has 1 aliphatic rings. The number of carboxylic acids is 1. The van der Waals surface area contributed by atoms with Gasteiger partial charge in [-0.15, -0.1) is 0 Å². The summed E-state index contributed by atoms with van der Waals surface area (Å²) in [5.74, 6) is -0.995. The Morgan fingerprint density at radius 1 is 1.25 bits per heavy atom. The van der Waals surface area contributed by atoms with E-state index in [-0.39, 0.29) is 0 Å². The summed E-state index contributed by atoms with van der Waals surface area (Å²) in [6.45, 7) is 7.00. The number of likely N-dealkylation sites (tertiary alicyclic amines) is 1. The Kier molecular flexibility index (Phi) is 6.78. The number of piperidine rings is 1. The van der Waals surface area contributed by atoms with Crippen LogP contribution in [0, 0.1) is 0 Å². The van der Waals surface area contributed by atoms with Crippen molar-refractivity contribution in [2.24, 2.45) is 0 Å². The molecule has 1 rings (SSSR count). The number of aliphatic carboxylic acids is 1. The fourth-order valence-corrected chi connectivity index (χ4v) is 2.53. The van der Waals surface area contributed by atoms with Crippen molar-refractivity contribution >= 4 is 12.0 Å². The van der Waals surface area contributed by atoms with Crippen molar-refractivity contribution in [3.05, 3.63) is 0 Å². The van der Waals surface area contributed by atoms with E-state index in [2.05, 4.69) is 15.5 Å². The fourth-order valence-electron chi connectivity index (χ4n) is 2.53. The lowest BCUT2D eigenvalue weighted by Gasteiger charge is -2.28. The van der Waals surface area contributed by atoms with Gasteiger partial charge in [0.25, 0.3) is 0 Å². The average molecular weight is 285 g/mol. The third-order valence-electron chi connectivity index (χ3n) is 3.77. The molecule has 0 aromatic carbocycles. The minimum Gasteiger partial charge on any atom is -0.480 e. The maximum absolute atomic E-state index is 11.8. The number of carboxylic acid groups (broad SMARTS) is 1. The van der Waals surface area contributed by atoms with Crippen molar-refractivity contribution in [1.29, 1.82) is 0 Å². The Hall–Kier alpha value is -1.30. The first kappa shape index (κ1) is 16.8. The van der Waals surface area contributed by atoms with E-state index >= 15 is 0 Å². The molecule has 0 bridgehead atoms. The first-order valence-electron chi connectivity index (χ1n) is 7.49. The number of carbonyl (C=O) groups is 2. The molecule has 0 aromatic heterocycles. The topological polar surface area (TPSA) is 81.7 Å². The fraction of sp³-hybridized carbons (Fsp3) is 0.857. The molecular weight excluding hydrogens is 258 g/mol. The first-order valence-corrected chi connectivity index (χ1v) is 7.49. The molecule has 1 unspecified atom stereocenters. The molecule has 6 nitrogen and oxygen atoms in total. The average Bonchev–Trinajstić information content (AvgIpc) is 2.40. The lowest BCUT2D eigenvalue weighted by atomic mass is 9.97. The van der Waals surface area contributed by atoms with Gasteiger partial charge >= 0.3 is 12.0 Å². The molecule has 0 aliphatic carbocycles. The molecule has 1 atom stereocenters. The maximum Gasteiger partial charge on any atom is 0.329 e. The van der Waals surface area contributed by atoms with Gasteiger partial charge in [0.05, 0.1) is 0 Å². The second kappa shape index (κ2) is 8.09. The second-order valence-electron chi connectivity index (χ2n) is 5.67. The van der Waals surface area contributed by atoms with E-state index in [0.29, 0.717) is 19.4 Å². The molecule has 6 heteroatoms.